The summed E-state index contributed by atoms with van der Waals surface area (Å²) in [5, 5.41) is 4.16. The smallest absolute Gasteiger partial charge is 0.225 e. The van der Waals surface area contributed by atoms with Crippen LogP contribution in [0.4, 0.5) is 5.82 Å². The second-order valence-corrected chi connectivity index (χ2v) is 6.32. The van der Waals surface area contributed by atoms with Gasteiger partial charge in [0.05, 0.1) is 11.4 Å². The summed E-state index contributed by atoms with van der Waals surface area (Å²) in [4.78, 5) is 23.5. The number of carbonyl (C=O) groups is 1. The molecule has 0 aliphatic carbocycles. The molecule has 1 N–H and O–H groups in total. The van der Waals surface area contributed by atoms with Crippen LogP contribution in [0.2, 0.25) is 0 Å². The van der Waals surface area contributed by atoms with Gasteiger partial charge in [-0.15, -0.1) is 0 Å². The van der Waals surface area contributed by atoms with Crippen LogP contribution in [0.3, 0.4) is 0 Å². The van der Waals surface area contributed by atoms with E-state index in [-0.39, 0.29) is 17.9 Å². The summed E-state index contributed by atoms with van der Waals surface area (Å²) in [7, 11) is 0. The summed E-state index contributed by atoms with van der Waals surface area (Å²) >= 11 is 0. The maximum atomic E-state index is 12.4. The van der Waals surface area contributed by atoms with Crippen LogP contribution >= 0.6 is 0 Å². The molecule has 1 amide bonds. The third-order valence-corrected chi connectivity index (χ3v) is 4.61. The number of rotatable bonds is 4. The van der Waals surface area contributed by atoms with E-state index in [0.717, 1.165) is 49.1 Å². The lowest BCUT2D eigenvalue weighted by molar-refractivity contribution is -0.125. The van der Waals surface area contributed by atoms with E-state index in [4.69, 9.17) is 0 Å². The normalized spacial score (nSPS) is 19.6. The highest BCUT2D eigenvalue weighted by Crippen LogP contribution is 2.27. The lowest BCUT2D eigenvalue weighted by Gasteiger charge is -2.33. The summed E-state index contributed by atoms with van der Waals surface area (Å²) < 4.78 is 0. The zero-order chi connectivity index (χ0) is 16.2. The minimum atomic E-state index is 0.0338. The molecule has 2 atom stereocenters. The number of carbonyl (C=O) groups excluding carboxylic acids is 1. The number of aromatic nitrogens is 2. The number of anilines is 1. The lowest BCUT2D eigenvalue weighted by atomic mass is 9.96. The highest BCUT2D eigenvalue weighted by Gasteiger charge is 2.27. The maximum Gasteiger partial charge on any atom is 0.225 e. The van der Waals surface area contributed by atoms with Crippen LogP contribution in [0.5, 0.6) is 0 Å². The molecule has 1 fully saturated rings. The number of nitrogens with zero attached hydrogens (tertiary/aromatic N) is 3. The predicted octanol–water partition coefficient (Wildman–Crippen LogP) is 2.76. The van der Waals surface area contributed by atoms with Crippen LogP contribution in [-0.4, -0.2) is 35.0 Å². The molecule has 3 rings (SSSR count). The van der Waals surface area contributed by atoms with Crippen LogP contribution in [-0.2, 0) is 4.79 Å². The van der Waals surface area contributed by atoms with Gasteiger partial charge in [-0.25, -0.2) is 9.97 Å². The number of piperidine rings is 1. The molecule has 0 saturated carbocycles. The molecule has 5 heteroatoms. The van der Waals surface area contributed by atoms with E-state index in [0.29, 0.717) is 0 Å². The van der Waals surface area contributed by atoms with Gasteiger partial charge in [0.15, 0.2) is 0 Å². The molecular weight excluding hydrogens is 288 g/mol. The van der Waals surface area contributed by atoms with Gasteiger partial charge in [0, 0.05) is 24.5 Å². The van der Waals surface area contributed by atoms with Crippen molar-refractivity contribution in [1.82, 2.24) is 15.3 Å². The van der Waals surface area contributed by atoms with E-state index in [1.807, 2.05) is 24.3 Å². The van der Waals surface area contributed by atoms with Crippen molar-refractivity contribution in [3.63, 3.8) is 0 Å². The van der Waals surface area contributed by atoms with Crippen LogP contribution in [0.25, 0.3) is 10.9 Å². The van der Waals surface area contributed by atoms with Crippen molar-refractivity contribution in [1.29, 1.82) is 0 Å². The van der Waals surface area contributed by atoms with Crippen molar-refractivity contribution >= 4 is 22.6 Å². The Kier molecular flexibility index (Phi) is 4.74. The van der Waals surface area contributed by atoms with Gasteiger partial charge in [-0.2, -0.15) is 0 Å². The molecule has 122 valence electrons. The molecule has 0 spiro atoms. The molecule has 0 radical (unpaired) electrons. The number of benzene rings is 1. The van der Waals surface area contributed by atoms with Crippen LogP contribution in [0, 0.1) is 5.92 Å². The van der Waals surface area contributed by atoms with Crippen LogP contribution in [0.15, 0.2) is 30.6 Å². The van der Waals surface area contributed by atoms with Crippen molar-refractivity contribution in [2.24, 2.45) is 5.92 Å². The van der Waals surface area contributed by atoms with Gasteiger partial charge in [-0.1, -0.05) is 19.1 Å². The second-order valence-electron chi connectivity index (χ2n) is 6.32. The Bertz CT molecular complexity index is 682. The fourth-order valence-electron chi connectivity index (χ4n) is 3.09. The molecule has 2 aromatic rings. The quantitative estimate of drug-likeness (QED) is 0.943. The van der Waals surface area contributed by atoms with Crippen molar-refractivity contribution in [3.05, 3.63) is 30.6 Å². The first-order valence-electron chi connectivity index (χ1n) is 8.44. The van der Waals surface area contributed by atoms with Gasteiger partial charge in [-0.3, -0.25) is 4.79 Å². The molecule has 2 unspecified atom stereocenters. The van der Waals surface area contributed by atoms with Gasteiger partial charge in [0.1, 0.15) is 12.1 Å². The van der Waals surface area contributed by atoms with Gasteiger partial charge in [0.25, 0.3) is 0 Å². The Balaban J connectivity index is 1.79. The van der Waals surface area contributed by atoms with Gasteiger partial charge >= 0.3 is 0 Å². The summed E-state index contributed by atoms with van der Waals surface area (Å²) in [6, 6.07) is 8.27. The molecule has 1 aliphatic heterocycles. The molecular formula is C18H24N4O. The topological polar surface area (TPSA) is 58.1 Å². The number of hydrogen-bond acceptors (Lipinski definition) is 4. The zero-order valence-electron chi connectivity index (χ0n) is 13.8. The van der Waals surface area contributed by atoms with E-state index in [1.54, 1.807) is 6.33 Å². The van der Waals surface area contributed by atoms with E-state index in [2.05, 4.69) is 34.0 Å². The highest BCUT2D eigenvalue weighted by atomic mass is 16.2. The summed E-state index contributed by atoms with van der Waals surface area (Å²) in [5.41, 5.74) is 0.948. The largest absolute Gasteiger partial charge is 0.355 e. The van der Waals surface area contributed by atoms with E-state index in [1.165, 1.54) is 0 Å². The van der Waals surface area contributed by atoms with Gasteiger partial charge < -0.3 is 10.2 Å². The standard InChI is InChI=1S/C18H24N4O/c1-3-13(2)21-18(23)14-7-6-10-22(11-14)17-15-8-4-5-9-16(15)19-12-20-17/h4-5,8-9,12-14H,3,6-7,10-11H2,1-2H3,(H,21,23). The molecule has 1 aromatic heterocycles. The van der Waals surface area contributed by atoms with Crippen molar-refractivity contribution in [3.8, 4) is 0 Å². The van der Waals surface area contributed by atoms with Crippen molar-refractivity contribution in [2.75, 3.05) is 18.0 Å². The average molecular weight is 312 g/mol. The first-order chi connectivity index (χ1) is 11.2. The molecule has 2 heterocycles. The minimum Gasteiger partial charge on any atom is -0.355 e. The number of nitrogens with one attached hydrogen (secondary N) is 1. The maximum absolute atomic E-state index is 12.4. The Morgan fingerprint density at radius 2 is 2.22 bits per heavy atom. The molecule has 1 aromatic carbocycles. The number of para-hydroxylation sites is 1. The van der Waals surface area contributed by atoms with Gasteiger partial charge in [-0.05, 0) is 38.3 Å². The van der Waals surface area contributed by atoms with Crippen molar-refractivity contribution in [2.45, 2.75) is 39.2 Å². The molecule has 5 nitrogen and oxygen atoms in total. The summed E-state index contributed by atoms with van der Waals surface area (Å²) in [6.45, 7) is 5.80. The number of hydrogen-bond donors (Lipinski definition) is 1. The Labute approximate surface area is 137 Å². The number of fused-ring (bicyclic) bond motifs is 1. The fraction of sp³-hybridized carbons (Fsp3) is 0.500. The van der Waals surface area contributed by atoms with Crippen LogP contribution in [0.1, 0.15) is 33.1 Å². The Morgan fingerprint density at radius 3 is 3.04 bits per heavy atom. The predicted molar refractivity (Wildman–Crippen MR) is 92.4 cm³/mol. The molecule has 1 aliphatic rings. The van der Waals surface area contributed by atoms with E-state index in [9.17, 15) is 4.79 Å². The third-order valence-electron chi connectivity index (χ3n) is 4.61. The van der Waals surface area contributed by atoms with E-state index < -0.39 is 0 Å². The fourth-order valence-corrected chi connectivity index (χ4v) is 3.09. The molecule has 0 bridgehead atoms. The summed E-state index contributed by atoms with van der Waals surface area (Å²) in [5.74, 6) is 1.14. The Morgan fingerprint density at radius 1 is 1.39 bits per heavy atom. The highest BCUT2D eigenvalue weighted by molar-refractivity contribution is 5.89. The molecule has 23 heavy (non-hydrogen) atoms. The molecule has 1 saturated heterocycles. The monoisotopic (exact) mass is 312 g/mol. The lowest BCUT2D eigenvalue weighted by Crippen LogP contribution is -2.45. The first-order valence-corrected chi connectivity index (χ1v) is 8.44. The average Bonchev–Trinajstić information content (AvgIpc) is 2.61. The minimum absolute atomic E-state index is 0.0338. The summed E-state index contributed by atoms with van der Waals surface area (Å²) in [6.07, 6.45) is 4.53. The second kappa shape index (κ2) is 6.94. The Hall–Kier alpha value is -2.17. The van der Waals surface area contributed by atoms with E-state index >= 15 is 0 Å². The third kappa shape index (κ3) is 3.44. The van der Waals surface area contributed by atoms with Crippen molar-refractivity contribution < 1.29 is 4.79 Å². The van der Waals surface area contributed by atoms with Gasteiger partial charge in [0.2, 0.25) is 5.91 Å². The number of amides is 1. The van der Waals surface area contributed by atoms with Crippen LogP contribution < -0.4 is 10.2 Å². The SMILES string of the molecule is CCC(C)NC(=O)C1CCCN(c2ncnc3ccccc23)C1. The first kappa shape index (κ1) is 15.7. The zero-order valence-corrected chi connectivity index (χ0v) is 13.8.